The number of thiazole rings is 1. The van der Waals surface area contributed by atoms with Gasteiger partial charge in [-0.15, -0.1) is 0 Å². The maximum absolute atomic E-state index is 12.9. The van der Waals surface area contributed by atoms with Crippen molar-refractivity contribution in [3.8, 4) is 0 Å². The first-order valence-corrected chi connectivity index (χ1v) is 8.30. The molecule has 7 heteroatoms. The van der Waals surface area contributed by atoms with Crippen molar-refractivity contribution in [2.75, 3.05) is 0 Å². The fourth-order valence-electron chi connectivity index (χ4n) is 2.83. The number of aromatic nitrogens is 2. The molecular weight excluding hydrogens is 324 g/mol. The van der Waals surface area contributed by atoms with Crippen molar-refractivity contribution in [1.29, 1.82) is 0 Å². The Morgan fingerprint density at radius 2 is 1.96 bits per heavy atom. The van der Waals surface area contributed by atoms with E-state index in [1.807, 2.05) is 42.5 Å². The number of pyridine rings is 1. The summed E-state index contributed by atoms with van der Waals surface area (Å²) in [5, 5.41) is 3.48. The van der Waals surface area contributed by atoms with Crippen molar-refractivity contribution < 1.29 is 9.59 Å². The molecule has 0 aliphatic carbocycles. The standard InChI is InChI=1S/C17H14N4O2S/c1-17(11-6-3-2-4-7-11)15(22)21(16(23)20-17)10-13-19-12-8-5-9-18-14(12)24-13/h2-9H,10H2,1H3,(H,20,23)/t17-/m1/s1. The van der Waals surface area contributed by atoms with Gasteiger partial charge < -0.3 is 5.32 Å². The van der Waals surface area contributed by atoms with Gasteiger partial charge in [-0.05, 0) is 24.6 Å². The van der Waals surface area contributed by atoms with Gasteiger partial charge >= 0.3 is 6.03 Å². The fourth-order valence-corrected chi connectivity index (χ4v) is 3.72. The summed E-state index contributed by atoms with van der Waals surface area (Å²) < 4.78 is 0. The summed E-state index contributed by atoms with van der Waals surface area (Å²) in [5.41, 5.74) is 0.486. The van der Waals surface area contributed by atoms with E-state index in [1.54, 1.807) is 13.1 Å². The van der Waals surface area contributed by atoms with Crippen LogP contribution in [0.1, 0.15) is 17.5 Å². The van der Waals surface area contributed by atoms with Crippen molar-refractivity contribution in [3.05, 3.63) is 59.2 Å². The van der Waals surface area contributed by atoms with Crippen molar-refractivity contribution in [2.45, 2.75) is 19.0 Å². The van der Waals surface area contributed by atoms with Gasteiger partial charge in [0.1, 0.15) is 20.9 Å². The van der Waals surface area contributed by atoms with Gasteiger partial charge in [-0.25, -0.2) is 14.8 Å². The van der Waals surface area contributed by atoms with E-state index < -0.39 is 11.6 Å². The van der Waals surface area contributed by atoms with E-state index in [0.29, 0.717) is 5.01 Å². The first kappa shape index (κ1) is 14.8. The van der Waals surface area contributed by atoms with Gasteiger partial charge in [-0.3, -0.25) is 9.69 Å². The maximum atomic E-state index is 12.9. The SMILES string of the molecule is C[C@]1(c2ccccc2)NC(=O)N(Cc2nc3cccnc3s2)C1=O. The Bertz CT molecular complexity index is 907. The minimum atomic E-state index is -1.05. The van der Waals surface area contributed by atoms with Crippen LogP contribution in [-0.4, -0.2) is 26.8 Å². The number of hydrogen-bond donors (Lipinski definition) is 1. The van der Waals surface area contributed by atoms with Crippen LogP contribution >= 0.6 is 11.3 Å². The van der Waals surface area contributed by atoms with E-state index in [0.717, 1.165) is 15.9 Å². The molecule has 0 radical (unpaired) electrons. The molecule has 1 aromatic carbocycles. The molecule has 3 aromatic rings. The van der Waals surface area contributed by atoms with Gasteiger partial charge in [0.15, 0.2) is 0 Å². The summed E-state index contributed by atoms with van der Waals surface area (Å²) in [5.74, 6) is -0.272. The summed E-state index contributed by atoms with van der Waals surface area (Å²) in [6, 6.07) is 12.5. The molecule has 24 heavy (non-hydrogen) atoms. The summed E-state index contributed by atoms with van der Waals surface area (Å²) in [6.07, 6.45) is 1.70. The minimum absolute atomic E-state index is 0.147. The molecule has 1 aliphatic heterocycles. The second kappa shape index (κ2) is 5.38. The summed E-state index contributed by atoms with van der Waals surface area (Å²) >= 11 is 1.39. The number of hydrogen-bond acceptors (Lipinski definition) is 5. The monoisotopic (exact) mass is 338 g/mol. The minimum Gasteiger partial charge on any atom is -0.319 e. The molecule has 0 bridgehead atoms. The van der Waals surface area contributed by atoms with Crippen LogP contribution in [0.25, 0.3) is 10.3 Å². The lowest BCUT2D eigenvalue weighted by molar-refractivity contribution is -0.131. The van der Waals surface area contributed by atoms with Crippen molar-refractivity contribution >= 4 is 33.6 Å². The van der Waals surface area contributed by atoms with E-state index in [2.05, 4.69) is 15.3 Å². The Morgan fingerprint density at radius 3 is 2.71 bits per heavy atom. The zero-order valence-corrected chi connectivity index (χ0v) is 13.7. The van der Waals surface area contributed by atoms with Gasteiger partial charge in [0, 0.05) is 6.20 Å². The third-order valence-electron chi connectivity index (χ3n) is 4.13. The van der Waals surface area contributed by atoms with Gasteiger partial charge in [0.05, 0.1) is 6.54 Å². The molecule has 0 spiro atoms. The average molecular weight is 338 g/mol. The highest BCUT2D eigenvalue weighted by Crippen LogP contribution is 2.30. The van der Waals surface area contributed by atoms with Gasteiger partial charge in [0.2, 0.25) is 0 Å². The molecule has 1 N–H and O–H groups in total. The lowest BCUT2D eigenvalue weighted by atomic mass is 9.92. The Balaban J connectivity index is 1.64. The van der Waals surface area contributed by atoms with E-state index >= 15 is 0 Å². The van der Waals surface area contributed by atoms with Gasteiger partial charge in [-0.2, -0.15) is 0 Å². The zero-order valence-electron chi connectivity index (χ0n) is 12.9. The third-order valence-corrected chi connectivity index (χ3v) is 5.09. The molecule has 6 nitrogen and oxygen atoms in total. The highest BCUT2D eigenvalue weighted by molar-refractivity contribution is 7.18. The Labute approximate surface area is 142 Å². The summed E-state index contributed by atoms with van der Waals surface area (Å²) in [4.78, 5) is 35.9. The van der Waals surface area contributed by atoms with Crippen LogP contribution in [0, 0.1) is 0 Å². The Hall–Kier alpha value is -2.80. The van der Waals surface area contributed by atoms with Crippen LogP contribution < -0.4 is 5.32 Å². The number of urea groups is 1. The van der Waals surface area contributed by atoms with Crippen LogP contribution in [0.4, 0.5) is 4.79 Å². The number of imide groups is 1. The third kappa shape index (κ3) is 2.25. The van der Waals surface area contributed by atoms with Crippen LogP contribution in [0.3, 0.4) is 0 Å². The number of nitrogens with one attached hydrogen (secondary N) is 1. The summed E-state index contributed by atoms with van der Waals surface area (Å²) in [6.45, 7) is 1.87. The number of carbonyl (C=O) groups excluding carboxylic acids is 2. The molecule has 1 atom stereocenters. The molecule has 3 heterocycles. The molecule has 1 saturated heterocycles. The molecule has 0 saturated carbocycles. The number of rotatable bonds is 3. The number of benzene rings is 1. The van der Waals surface area contributed by atoms with E-state index in [4.69, 9.17) is 0 Å². The number of fused-ring (bicyclic) bond motifs is 1. The van der Waals surface area contributed by atoms with E-state index in [1.165, 1.54) is 16.2 Å². The molecular formula is C17H14N4O2S. The molecule has 1 fully saturated rings. The average Bonchev–Trinajstić information content (AvgIpc) is 3.10. The lowest BCUT2D eigenvalue weighted by Crippen LogP contribution is -2.40. The predicted molar refractivity (Wildman–Crippen MR) is 90.3 cm³/mol. The Kier molecular flexibility index (Phi) is 3.31. The fraction of sp³-hybridized carbons (Fsp3) is 0.176. The predicted octanol–water partition coefficient (Wildman–Crippen LogP) is 2.66. The Morgan fingerprint density at radius 1 is 1.17 bits per heavy atom. The van der Waals surface area contributed by atoms with Crippen molar-refractivity contribution in [2.24, 2.45) is 0 Å². The van der Waals surface area contributed by atoms with Crippen LogP contribution in [0.5, 0.6) is 0 Å². The van der Waals surface area contributed by atoms with Crippen LogP contribution in [0.2, 0.25) is 0 Å². The van der Waals surface area contributed by atoms with Crippen molar-refractivity contribution in [3.63, 3.8) is 0 Å². The first-order chi connectivity index (χ1) is 11.6. The van der Waals surface area contributed by atoms with Gasteiger partial charge in [0.25, 0.3) is 5.91 Å². The molecule has 0 unspecified atom stereocenters. The van der Waals surface area contributed by atoms with E-state index in [9.17, 15) is 9.59 Å². The highest BCUT2D eigenvalue weighted by atomic mass is 32.1. The van der Waals surface area contributed by atoms with Crippen LogP contribution in [0.15, 0.2) is 48.7 Å². The molecule has 3 amide bonds. The quantitative estimate of drug-likeness (QED) is 0.745. The molecule has 4 rings (SSSR count). The lowest BCUT2D eigenvalue weighted by Gasteiger charge is -2.21. The molecule has 120 valence electrons. The highest BCUT2D eigenvalue weighted by Gasteiger charge is 2.49. The molecule has 2 aromatic heterocycles. The van der Waals surface area contributed by atoms with E-state index in [-0.39, 0.29) is 12.5 Å². The maximum Gasteiger partial charge on any atom is 0.325 e. The topological polar surface area (TPSA) is 75.2 Å². The number of amides is 3. The normalized spacial score (nSPS) is 20.6. The van der Waals surface area contributed by atoms with Crippen LogP contribution in [-0.2, 0) is 16.9 Å². The zero-order chi connectivity index (χ0) is 16.7. The number of nitrogens with zero attached hydrogens (tertiary/aromatic N) is 3. The second-order valence-electron chi connectivity index (χ2n) is 5.75. The summed E-state index contributed by atoms with van der Waals surface area (Å²) in [7, 11) is 0. The van der Waals surface area contributed by atoms with Gasteiger partial charge in [-0.1, -0.05) is 41.7 Å². The second-order valence-corrected chi connectivity index (χ2v) is 6.81. The smallest absolute Gasteiger partial charge is 0.319 e. The number of carbonyl (C=O) groups is 2. The van der Waals surface area contributed by atoms with Crippen molar-refractivity contribution in [1.82, 2.24) is 20.2 Å². The first-order valence-electron chi connectivity index (χ1n) is 7.48. The largest absolute Gasteiger partial charge is 0.325 e. The molecule has 1 aliphatic rings.